The second-order valence-corrected chi connectivity index (χ2v) is 7.29. The number of hydrogen-bond acceptors (Lipinski definition) is 5. The lowest BCUT2D eigenvalue weighted by Crippen LogP contribution is -2.34. The predicted molar refractivity (Wildman–Crippen MR) is 102 cm³/mol. The van der Waals surface area contributed by atoms with Crippen molar-refractivity contribution in [3.63, 3.8) is 0 Å². The van der Waals surface area contributed by atoms with Crippen molar-refractivity contribution in [1.29, 1.82) is 5.26 Å². The molecule has 0 saturated heterocycles. The molecule has 3 rings (SSSR count). The summed E-state index contributed by atoms with van der Waals surface area (Å²) in [6, 6.07) is 7.37. The molecule has 2 aromatic rings. The van der Waals surface area contributed by atoms with Crippen LogP contribution in [0.15, 0.2) is 30.3 Å². The van der Waals surface area contributed by atoms with E-state index in [1.54, 1.807) is 0 Å². The monoisotopic (exact) mass is 437 g/mol. The maximum atomic E-state index is 12.5. The predicted octanol–water partition coefficient (Wildman–Crippen LogP) is 4.21. The van der Waals surface area contributed by atoms with E-state index in [4.69, 9.17) is 5.11 Å². The van der Waals surface area contributed by atoms with Crippen molar-refractivity contribution in [2.24, 2.45) is 0 Å². The summed E-state index contributed by atoms with van der Waals surface area (Å²) in [6.45, 7) is 0.370. The number of benzene rings is 1. The number of ether oxygens (including phenoxy) is 1. The Kier molecular flexibility index (Phi) is 5.98. The summed E-state index contributed by atoms with van der Waals surface area (Å²) >= 11 is 1.10. The molecular weight excluding hydrogens is 423 g/mol. The summed E-state index contributed by atoms with van der Waals surface area (Å²) in [5, 5.41) is 21.4. The lowest BCUT2D eigenvalue weighted by atomic mass is 10.0. The molecule has 2 amide bonds. The van der Waals surface area contributed by atoms with Crippen LogP contribution in [-0.2, 0) is 17.8 Å². The van der Waals surface area contributed by atoms with Gasteiger partial charge in [0.15, 0.2) is 0 Å². The maximum Gasteiger partial charge on any atom is 0.573 e. The minimum absolute atomic E-state index is 0.0491. The summed E-state index contributed by atoms with van der Waals surface area (Å²) in [4.78, 5) is 25.3. The van der Waals surface area contributed by atoms with Crippen molar-refractivity contribution in [3.8, 4) is 11.8 Å². The molecule has 1 aromatic carbocycles. The number of carbonyl (C=O) groups is 2. The summed E-state index contributed by atoms with van der Waals surface area (Å²) in [5.74, 6) is -1.10. The standard InChI is InChI=1S/C19H14F3N3O4S/c20-19(21,22)29-14-4-2-1-3-11(14)5-6-16(26)24-17-13(9-23)12-7-8-25(18(27)28)10-15(12)30-17/h1-6H,7-8,10H2,(H,24,26)(H,27,28). The number of amides is 2. The number of hydrogen-bond donors (Lipinski definition) is 2. The lowest BCUT2D eigenvalue weighted by molar-refractivity contribution is -0.274. The number of nitrogens with zero attached hydrogens (tertiary/aromatic N) is 2. The molecule has 2 heterocycles. The fourth-order valence-electron chi connectivity index (χ4n) is 2.93. The summed E-state index contributed by atoms with van der Waals surface area (Å²) in [5.41, 5.74) is 1.01. The van der Waals surface area contributed by atoms with E-state index in [1.807, 2.05) is 6.07 Å². The van der Waals surface area contributed by atoms with Crippen LogP contribution >= 0.6 is 11.3 Å². The smallest absolute Gasteiger partial charge is 0.465 e. The van der Waals surface area contributed by atoms with Crippen molar-refractivity contribution in [2.45, 2.75) is 19.3 Å². The van der Waals surface area contributed by atoms with E-state index in [1.165, 1.54) is 29.2 Å². The van der Waals surface area contributed by atoms with Gasteiger partial charge in [0.1, 0.15) is 16.8 Å². The molecular formula is C19H14F3N3O4S. The number of nitriles is 1. The fraction of sp³-hybridized carbons (Fsp3) is 0.211. The van der Waals surface area contributed by atoms with Crippen LogP contribution in [0.3, 0.4) is 0 Å². The first kappa shape index (κ1) is 21.2. The Hall–Kier alpha value is -3.52. The number of alkyl halides is 3. The number of thiophene rings is 1. The number of fused-ring (bicyclic) bond motifs is 1. The minimum atomic E-state index is -4.87. The van der Waals surface area contributed by atoms with Crippen LogP contribution in [-0.4, -0.2) is 34.9 Å². The third-order valence-electron chi connectivity index (χ3n) is 4.23. The Labute approximate surface area is 172 Å². The molecule has 1 aliphatic rings. The van der Waals surface area contributed by atoms with Gasteiger partial charge in [0, 0.05) is 23.1 Å². The molecule has 0 fully saturated rings. The second-order valence-electron chi connectivity index (χ2n) is 6.18. The van der Waals surface area contributed by atoms with Gasteiger partial charge >= 0.3 is 12.5 Å². The van der Waals surface area contributed by atoms with Crippen LogP contribution in [0.5, 0.6) is 5.75 Å². The Balaban J connectivity index is 1.77. The van der Waals surface area contributed by atoms with Gasteiger partial charge < -0.3 is 20.1 Å². The highest BCUT2D eigenvalue weighted by atomic mass is 32.1. The van der Waals surface area contributed by atoms with Gasteiger partial charge in [-0.05, 0) is 24.1 Å². The average molecular weight is 437 g/mol. The Morgan fingerprint density at radius 2 is 2.07 bits per heavy atom. The zero-order valence-electron chi connectivity index (χ0n) is 15.2. The fourth-order valence-corrected chi connectivity index (χ4v) is 4.14. The molecule has 11 heteroatoms. The van der Waals surface area contributed by atoms with Gasteiger partial charge in [0.05, 0.1) is 12.1 Å². The first-order valence-corrected chi connectivity index (χ1v) is 9.36. The maximum absolute atomic E-state index is 12.5. The summed E-state index contributed by atoms with van der Waals surface area (Å²) in [6.07, 6.45) is -3.38. The highest BCUT2D eigenvalue weighted by Crippen LogP contribution is 2.36. The molecule has 0 atom stereocenters. The molecule has 156 valence electrons. The molecule has 0 unspecified atom stereocenters. The quantitative estimate of drug-likeness (QED) is 0.698. The van der Waals surface area contributed by atoms with Gasteiger partial charge in [-0.15, -0.1) is 24.5 Å². The molecule has 0 bridgehead atoms. The Morgan fingerprint density at radius 1 is 1.33 bits per heavy atom. The first-order valence-electron chi connectivity index (χ1n) is 8.54. The molecule has 1 aliphatic heterocycles. The van der Waals surface area contributed by atoms with Crippen molar-refractivity contribution in [3.05, 3.63) is 51.9 Å². The summed E-state index contributed by atoms with van der Waals surface area (Å²) < 4.78 is 41.4. The molecule has 2 N–H and O–H groups in total. The normalized spacial score (nSPS) is 13.6. The van der Waals surface area contributed by atoms with Gasteiger partial charge in [0.2, 0.25) is 5.91 Å². The third-order valence-corrected chi connectivity index (χ3v) is 5.37. The van der Waals surface area contributed by atoms with Crippen molar-refractivity contribution >= 4 is 34.4 Å². The lowest BCUT2D eigenvalue weighted by Gasteiger charge is -2.23. The Morgan fingerprint density at radius 3 is 2.73 bits per heavy atom. The van der Waals surface area contributed by atoms with Crippen LogP contribution < -0.4 is 10.1 Å². The van der Waals surface area contributed by atoms with Gasteiger partial charge in [0.25, 0.3) is 0 Å². The van der Waals surface area contributed by atoms with Gasteiger partial charge in [-0.3, -0.25) is 4.79 Å². The largest absolute Gasteiger partial charge is 0.573 e. The van der Waals surface area contributed by atoms with E-state index in [0.717, 1.165) is 23.5 Å². The van der Waals surface area contributed by atoms with Gasteiger partial charge in [-0.2, -0.15) is 5.26 Å². The van der Waals surface area contributed by atoms with Crippen molar-refractivity contribution in [1.82, 2.24) is 4.90 Å². The minimum Gasteiger partial charge on any atom is -0.465 e. The number of halogens is 3. The third kappa shape index (κ3) is 4.90. The Bertz CT molecular complexity index is 1060. The average Bonchev–Trinajstić information content (AvgIpc) is 3.02. The van der Waals surface area contributed by atoms with Crippen LogP contribution in [0.2, 0.25) is 0 Å². The van der Waals surface area contributed by atoms with Crippen LogP contribution in [0.1, 0.15) is 21.6 Å². The topological polar surface area (TPSA) is 103 Å². The van der Waals surface area contributed by atoms with Crippen LogP contribution in [0, 0.1) is 11.3 Å². The zero-order valence-corrected chi connectivity index (χ0v) is 16.0. The van der Waals surface area contributed by atoms with E-state index >= 15 is 0 Å². The van der Waals surface area contributed by atoms with Crippen molar-refractivity contribution < 1.29 is 32.6 Å². The number of rotatable bonds is 4. The number of carbonyl (C=O) groups excluding carboxylic acids is 1. The highest BCUT2D eigenvalue weighted by molar-refractivity contribution is 7.16. The van der Waals surface area contributed by atoms with Crippen molar-refractivity contribution in [2.75, 3.05) is 11.9 Å². The highest BCUT2D eigenvalue weighted by Gasteiger charge is 2.32. The molecule has 0 aliphatic carbocycles. The number of anilines is 1. The number of nitrogens with one attached hydrogen (secondary N) is 1. The molecule has 7 nitrogen and oxygen atoms in total. The van der Waals surface area contributed by atoms with E-state index < -0.39 is 24.1 Å². The van der Waals surface area contributed by atoms with E-state index in [9.17, 15) is 28.0 Å². The summed E-state index contributed by atoms with van der Waals surface area (Å²) in [7, 11) is 0. The molecule has 30 heavy (non-hydrogen) atoms. The van der Waals surface area contributed by atoms with Gasteiger partial charge in [-0.1, -0.05) is 18.2 Å². The first-order chi connectivity index (χ1) is 14.2. The van der Waals surface area contributed by atoms with E-state index in [-0.39, 0.29) is 29.2 Å². The van der Waals surface area contributed by atoms with Gasteiger partial charge in [-0.25, -0.2) is 4.79 Å². The van der Waals surface area contributed by atoms with Crippen LogP contribution in [0.4, 0.5) is 23.0 Å². The second kappa shape index (κ2) is 8.46. The zero-order chi connectivity index (χ0) is 21.9. The molecule has 0 radical (unpaired) electrons. The molecule has 0 spiro atoms. The van der Waals surface area contributed by atoms with E-state index in [2.05, 4.69) is 10.1 Å². The van der Waals surface area contributed by atoms with Crippen LogP contribution in [0.25, 0.3) is 6.08 Å². The number of para-hydroxylation sites is 1. The number of carboxylic acid groups (broad SMARTS) is 1. The molecule has 0 saturated carbocycles. The van der Waals surface area contributed by atoms with E-state index in [0.29, 0.717) is 16.9 Å². The SMILES string of the molecule is N#Cc1c(NC(=O)C=Cc2ccccc2OC(F)(F)F)sc2c1CCN(C(=O)O)C2. The molecule has 1 aromatic heterocycles.